The van der Waals surface area contributed by atoms with Gasteiger partial charge in [-0.05, 0) is 52.6 Å². The number of carboxylic acids is 1. The van der Waals surface area contributed by atoms with Gasteiger partial charge in [-0.2, -0.15) is 0 Å². The Morgan fingerprint density at radius 2 is 1.74 bits per heavy atom. The van der Waals surface area contributed by atoms with Crippen LogP contribution in [-0.4, -0.2) is 28.6 Å². The maximum absolute atomic E-state index is 11.4. The minimum Gasteiger partial charge on any atom is -0.480 e. The van der Waals surface area contributed by atoms with Crippen molar-refractivity contribution in [3.8, 4) is 0 Å². The smallest absolute Gasteiger partial charge is 0.320 e. The molecule has 1 aliphatic heterocycles. The molecular weight excluding hydrogens is 286 g/mol. The van der Waals surface area contributed by atoms with Gasteiger partial charge < -0.3 is 5.11 Å². The summed E-state index contributed by atoms with van der Waals surface area (Å²) in [4.78, 5) is 13.5. The average Bonchev–Trinajstić information content (AvgIpc) is 3.03. The topological polar surface area (TPSA) is 40.5 Å². The molecule has 0 aromatic heterocycles. The molecule has 0 radical (unpaired) electrons. The number of rotatable bonds is 3. The summed E-state index contributed by atoms with van der Waals surface area (Å²) in [7, 11) is 0. The fraction of sp³-hybridized carbons (Fsp3) is 0.250. The third-order valence-corrected chi connectivity index (χ3v) is 4.88. The average molecular weight is 305 g/mol. The Balaban J connectivity index is 1.84. The van der Waals surface area contributed by atoms with Crippen molar-refractivity contribution in [1.82, 2.24) is 4.90 Å². The maximum atomic E-state index is 11.4. The second kappa shape index (κ2) is 5.67. The molecule has 3 heteroatoms. The largest absolute Gasteiger partial charge is 0.480 e. The fourth-order valence-electron chi connectivity index (χ4n) is 3.78. The van der Waals surface area contributed by atoms with E-state index in [1.807, 2.05) is 0 Å². The van der Waals surface area contributed by atoms with Gasteiger partial charge in [-0.25, -0.2) is 0 Å². The van der Waals surface area contributed by atoms with E-state index in [-0.39, 0.29) is 6.04 Å². The molecule has 0 saturated carbocycles. The van der Waals surface area contributed by atoms with E-state index in [1.54, 1.807) is 0 Å². The van der Waals surface area contributed by atoms with Gasteiger partial charge in [-0.15, -0.1) is 0 Å². The van der Waals surface area contributed by atoms with Crippen LogP contribution in [0.25, 0.3) is 21.5 Å². The van der Waals surface area contributed by atoms with Gasteiger partial charge in [-0.1, -0.05) is 48.5 Å². The summed E-state index contributed by atoms with van der Waals surface area (Å²) in [6, 6.07) is 18.7. The van der Waals surface area contributed by atoms with Crippen LogP contribution in [0.4, 0.5) is 0 Å². The van der Waals surface area contributed by atoms with Gasteiger partial charge in [0, 0.05) is 6.54 Å². The number of hydrogen-bond acceptors (Lipinski definition) is 2. The molecule has 0 aliphatic carbocycles. The highest BCUT2D eigenvalue weighted by molar-refractivity contribution is 6.08. The summed E-state index contributed by atoms with van der Waals surface area (Å²) >= 11 is 0. The van der Waals surface area contributed by atoms with E-state index in [0.717, 1.165) is 19.4 Å². The number of aliphatic carboxylic acids is 1. The van der Waals surface area contributed by atoms with Crippen molar-refractivity contribution in [2.45, 2.75) is 25.4 Å². The zero-order chi connectivity index (χ0) is 15.8. The van der Waals surface area contributed by atoms with Gasteiger partial charge in [-0.3, -0.25) is 9.69 Å². The quantitative estimate of drug-likeness (QED) is 0.742. The molecule has 1 saturated heterocycles. The van der Waals surface area contributed by atoms with Gasteiger partial charge in [0.2, 0.25) is 0 Å². The minimum atomic E-state index is -0.701. The van der Waals surface area contributed by atoms with E-state index in [1.165, 1.54) is 27.1 Å². The van der Waals surface area contributed by atoms with Crippen LogP contribution in [0, 0.1) is 0 Å². The zero-order valence-electron chi connectivity index (χ0n) is 12.9. The van der Waals surface area contributed by atoms with Crippen molar-refractivity contribution < 1.29 is 9.90 Å². The van der Waals surface area contributed by atoms with E-state index in [0.29, 0.717) is 6.54 Å². The van der Waals surface area contributed by atoms with Crippen LogP contribution in [0.15, 0.2) is 54.6 Å². The Hall–Kier alpha value is -2.39. The number of likely N-dealkylation sites (tertiary alicyclic amines) is 1. The summed E-state index contributed by atoms with van der Waals surface area (Å²) < 4.78 is 0. The Morgan fingerprint density at radius 1 is 1.04 bits per heavy atom. The van der Waals surface area contributed by atoms with E-state index >= 15 is 0 Å². The van der Waals surface area contributed by atoms with Crippen LogP contribution in [0.1, 0.15) is 18.4 Å². The van der Waals surface area contributed by atoms with Crippen LogP contribution in [0.3, 0.4) is 0 Å². The van der Waals surface area contributed by atoms with Crippen molar-refractivity contribution in [2.24, 2.45) is 0 Å². The Bertz CT molecular complexity index is 887. The van der Waals surface area contributed by atoms with Crippen molar-refractivity contribution in [3.05, 3.63) is 60.2 Å². The van der Waals surface area contributed by atoms with Crippen LogP contribution in [0.2, 0.25) is 0 Å². The summed E-state index contributed by atoms with van der Waals surface area (Å²) in [6.45, 7) is 1.56. The molecular formula is C20H19NO2. The normalized spacial score (nSPS) is 18.7. The maximum Gasteiger partial charge on any atom is 0.320 e. The van der Waals surface area contributed by atoms with Gasteiger partial charge in [0.1, 0.15) is 6.04 Å². The first-order valence-electron chi connectivity index (χ1n) is 8.10. The standard InChI is InChI=1S/C20H19NO2/c22-20(23)19-10-5-11-21(19)13-15-12-14-6-1-2-7-16(14)18-9-4-3-8-17(15)18/h1-4,6-9,12,19H,5,10-11,13H2,(H,22,23)/t19-/m1/s1. The van der Waals surface area contributed by atoms with Gasteiger partial charge in [0.15, 0.2) is 0 Å². The van der Waals surface area contributed by atoms with Crippen LogP contribution in [-0.2, 0) is 11.3 Å². The second-order valence-corrected chi connectivity index (χ2v) is 6.27. The van der Waals surface area contributed by atoms with Crippen LogP contribution in [0.5, 0.6) is 0 Å². The van der Waals surface area contributed by atoms with Crippen molar-refractivity contribution in [1.29, 1.82) is 0 Å². The molecule has 1 heterocycles. The number of fused-ring (bicyclic) bond motifs is 3. The van der Waals surface area contributed by atoms with Gasteiger partial charge >= 0.3 is 5.97 Å². The van der Waals surface area contributed by atoms with Crippen molar-refractivity contribution >= 4 is 27.5 Å². The lowest BCUT2D eigenvalue weighted by Gasteiger charge is -2.22. The molecule has 0 bridgehead atoms. The van der Waals surface area contributed by atoms with Crippen molar-refractivity contribution in [2.75, 3.05) is 6.54 Å². The predicted molar refractivity (Wildman–Crippen MR) is 92.5 cm³/mol. The summed E-state index contributed by atoms with van der Waals surface area (Å²) in [5, 5.41) is 14.3. The highest BCUT2D eigenvalue weighted by atomic mass is 16.4. The third kappa shape index (κ3) is 2.47. The summed E-state index contributed by atoms with van der Waals surface area (Å²) in [5.41, 5.74) is 1.22. The third-order valence-electron chi connectivity index (χ3n) is 4.88. The highest BCUT2D eigenvalue weighted by Gasteiger charge is 2.30. The molecule has 4 rings (SSSR count). The number of benzene rings is 3. The molecule has 3 aromatic carbocycles. The molecule has 1 fully saturated rings. The summed E-state index contributed by atoms with van der Waals surface area (Å²) in [6.07, 6.45) is 1.71. The van der Waals surface area contributed by atoms with E-state index in [9.17, 15) is 9.90 Å². The Labute approximate surface area is 135 Å². The van der Waals surface area contributed by atoms with E-state index < -0.39 is 5.97 Å². The number of carbonyl (C=O) groups is 1. The molecule has 116 valence electrons. The lowest BCUT2D eigenvalue weighted by Crippen LogP contribution is -2.35. The minimum absolute atomic E-state index is 0.347. The molecule has 1 aliphatic rings. The van der Waals surface area contributed by atoms with Crippen LogP contribution < -0.4 is 0 Å². The second-order valence-electron chi connectivity index (χ2n) is 6.27. The molecule has 1 N–H and O–H groups in total. The lowest BCUT2D eigenvalue weighted by molar-refractivity contribution is -0.142. The van der Waals surface area contributed by atoms with Crippen LogP contribution >= 0.6 is 0 Å². The Kier molecular flexibility index (Phi) is 3.50. The SMILES string of the molecule is O=C(O)[C@H]1CCCN1Cc1cc2ccccc2c2ccccc12. The first-order valence-corrected chi connectivity index (χ1v) is 8.10. The predicted octanol–water partition coefficient (Wildman–Crippen LogP) is 4.04. The van der Waals surface area contributed by atoms with Crippen molar-refractivity contribution in [3.63, 3.8) is 0 Å². The summed E-state index contributed by atoms with van der Waals surface area (Å²) in [5.74, 6) is -0.701. The number of hydrogen-bond donors (Lipinski definition) is 1. The number of nitrogens with zero attached hydrogens (tertiary/aromatic N) is 1. The first-order chi connectivity index (χ1) is 11.2. The fourth-order valence-corrected chi connectivity index (χ4v) is 3.78. The van der Waals surface area contributed by atoms with Gasteiger partial charge in [0.25, 0.3) is 0 Å². The van der Waals surface area contributed by atoms with E-state index in [2.05, 4.69) is 59.5 Å². The molecule has 3 nitrogen and oxygen atoms in total. The first kappa shape index (κ1) is 14.2. The van der Waals surface area contributed by atoms with E-state index in [4.69, 9.17) is 0 Å². The van der Waals surface area contributed by atoms with Gasteiger partial charge in [0.05, 0.1) is 0 Å². The highest BCUT2D eigenvalue weighted by Crippen LogP contribution is 2.31. The molecule has 1 atom stereocenters. The molecule has 0 unspecified atom stereocenters. The zero-order valence-corrected chi connectivity index (χ0v) is 12.9. The molecule has 0 amide bonds. The molecule has 23 heavy (non-hydrogen) atoms. The monoisotopic (exact) mass is 305 g/mol. The lowest BCUT2D eigenvalue weighted by atomic mass is 9.97. The Morgan fingerprint density at radius 3 is 2.52 bits per heavy atom. The number of carboxylic acid groups (broad SMARTS) is 1. The molecule has 3 aromatic rings. The molecule has 0 spiro atoms.